The Hall–Kier alpha value is -4.44. The van der Waals surface area contributed by atoms with Crippen LogP contribution in [0, 0.1) is 0 Å². The van der Waals surface area contributed by atoms with E-state index in [1.54, 1.807) is 12.4 Å². The molecule has 4 aromatic rings. The van der Waals surface area contributed by atoms with E-state index in [1.165, 1.54) is 0 Å². The minimum Gasteiger partial charge on any atom is -0.481 e. The highest BCUT2D eigenvalue weighted by Gasteiger charge is 2.27. The van der Waals surface area contributed by atoms with Crippen molar-refractivity contribution in [2.45, 2.75) is 43.8 Å². The second kappa shape index (κ2) is 11.5. The van der Waals surface area contributed by atoms with Gasteiger partial charge in [-0.1, -0.05) is 36.4 Å². The van der Waals surface area contributed by atoms with Crippen molar-refractivity contribution in [3.8, 4) is 0 Å². The zero-order chi connectivity index (χ0) is 26.4. The number of nitrogens with one attached hydrogen (secondary N) is 4. The molecular weight excluding hydrogens is 474 g/mol. The molecule has 0 aliphatic rings. The number of benzene rings is 2. The van der Waals surface area contributed by atoms with E-state index >= 15 is 0 Å². The van der Waals surface area contributed by atoms with Crippen LogP contribution < -0.4 is 16.4 Å². The van der Waals surface area contributed by atoms with Crippen molar-refractivity contribution in [3.63, 3.8) is 0 Å². The number of para-hydroxylation sites is 2. The topological polar surface area (TPSA) is 170 Å². The summed E-state index contributed by atoms with van der Waals surface area (Å²) in [6, 6.07) is 12.0. The fourth-order valence-electron chi connectivity index (χ4n) is 4.36. The van der Waals surface area contributed by atoms with Gasteiger partial charge in [0.15, 0.2) is 0 Å². The van der Waals surface area contributed by atoms with Crippen LogP contribution in [0.2, 0.25) is 0 Å². The van der Waals surface area contributed by atoms with Crippen molar-refractivity contribution < 1.29 is 24.3 Å². The molecule has 1 radical (unpaired) electrons. The van der Waals surface area contributed by atoms with Gasteiger partial charge in [-0.3, -0.25) is 19.2 Å². The first-order valence-electron chi connectivity index (χ1n) is 11.9. The lowest BCUT2D eigenvalue weighted by atomic mass is 10.0. The maximum atomic E-state index is 13.0. The number of aromatic nitrogens is 2. The molecule has 2 aromatic carbocycles. The predicted octanol–water partition coefficient (Wildman–Crippen LogP) is 1.71. The van der Waals surface area contributed by atoms with Crippen LogP contribution in [0.4, 0.5) is 0 Å². The van der Waals surface area contributed by atoms with Crippen molar-refractivity contribution in [2.24, 2.45) is 5.73 Å². The number of rotatable bonds is 12. The number of carboxylic acids is 1. The van der Waals surface area contributed by atoms with Crippen LogP contribution >= 0.6 is 0 Å². The number of aliphatic carboxylic acids is 1. The normalized spacial score (nSPS) is 13.6. The van der Waals surface area contributed by atoms with E-state index < -0.39 is 35.9 Å². The minimum absolute atomic E-state index is 0.161. The zero-order valence-electron chi connectivity index (χ0n) is 20.0. The standard InChI is InChI=1S/C27H28N5O5/c28-21(12-17-14-30-23-8-4-2-6-20(17)23)26(36)32-24(9-10-25(34)35)27(37)31-18(15-33)11-16-13-29-22-7-3-1-5-19(16)22/h1-8,13-14,18,21,24,29-30H,9-12,28H2,(H,31,37)(H,32,36)(H,34,35)/t18-,21-,24-/m0/s1. The minimum atomic E-state index is -1.18. The molecule has 10 nitrogen and oxygen atoms in total. The lowest BCUT2D eigenvalue weighted by Crippen LogP contribution is -2.54. The molecule has 0 bridgehead atoms. The van der Waals surface area contributed by atoms with E-state index in [4.69, 9.17) is 10.8 Å². The summed E-state index contributed by atoms with van der Waals surface area (Å²) in [6.45, 7) is 0. The molecule has 37 heavy (non-hydrogen) atoms. The molecule has 2 amide bonds. The molecule has 2 aromatic heterocycles. The summed E-state index contributed by atoms with van der Waals surface area (Å²) in [4.78, 5) is 54.9. The number of fused-ring (bicyclic) bond motifs is 2. The molecule has 0 fully saturated rings. The largest absolute Gasteiger partial charge is 0.481 e. The summed E-state index contributed by atoms with van der Waals surface area (Å²) in [7, 11) is 0. The summed E-state index contributed by atoms with van der Waals surface area (Å²) in [5.74, 6) is -2.39. The van der Waals surface area contributed by atoms with Gasteiger partial charge in [0.25, 0.3) is 0 Å². The molecule has 3 atom stereocenters. The molecule has 191 valence electrons. The summed E-state index contributed by atoms with van der Waals surface area (Å²) in [6.07, 6.45) is 5.25. The Morgan fingerprint density at radius 1 is 0.865 bits per heavy atom. The van der Waals surface area contributed by atoms with E-state index in [0.29, 0.717) is 0 Å². The summed E-state index contributed by atoms with van der Waals surface area (Å²) in [5.41, 5.74) is 9.60. The smallest absolute Gasteiger partial charge is 0.303 e. The van der Waals surface area contributed by atoms with Gasteiger partial charge in [-0.15, -0.1) is 0 Å². The van der Waals surface area contributed by atoms with Crippen molar-refractivity contribution in [1.82, 2.24) is 20.6 Å². The molecule has 0 aliphatic carbocycles. The van der Waals surface area contributed by atoms with Gasteiger partial charge in [-0.05, 0) is 36.1 Å². The van der Waals surface area contributed by atoms with Gasteiger partial charge < -0.3 is 31.4 Å². The zero-order valence-corrected chi connectivity index (χ0v) is 20.0. The number of hydrogen-bond donors (Lipinski definition) is 6. The van der Waals surface area contributed by atoms with Crippen LogP contribution in [-0.2, 0) is 32.0 Å². The first kappa shape index (κ1) is 25.6. The average molecular weight is 503 g/mol. The molecule has 0 spiro atoms. The Bertz CT molecular complexity index is 1420. The highest BCUT2D eigenvalue weighted by atomic mass is 16.4. The second-order valence-electron chi connectivity index (χ2n) is 8.91. The van der Waals surface area contributed by atoms with Crippen LogP contribution in [0.25, 0.3) is 21.8 Å². The lowest BCUT2D eigenvalue weighted by Gasteiger charge is -2.22. The first-order valence-corrected chi connectivity index (χ1v) is 11.9. The molecule has 10 heteroatoms. The van der Waals surface area contributed by atoms with Crippen molar-refractivity contribution in [3.05, 3.63) is 72.1 Å². The number of carboxylic acid groups (broad SMARTS) is 1. The Morgan fingerprint density at radius 2 is 1.43 bits per heavy atom. The fourth-order valence-corrected chi connectivity index (χ4v) is 4.36. The van der Waals surface area contributed by atoms with Gasteiger partial charge in [0, 0.05) is 47.0 Å². The number of nitrogens with two attached hydrogens (primary N) is 1. The summed E-state index contributed by atoms with van der Waals surface area (Å²) < 4.78 is 0. The van der Waals surface area contributed by atoms with Crippen LogP contribution in [0.15, 0.2) is 60.9 Å². The molecule has 0 saturated heterocycles. The number of amides is 2. The third-order valence-electron chi connectivity index (χ3n) is 6.29. The van der Waals surface area contributed by atoms with Crippen LogP contribution in [0.3, 0.4) is 0 Å². The van der Waals surface area contributed by atoms with E-state index in [2.05, 4.69) is 20.6 Å². The quantitative estimate of drug-likeness (QED) is 0.172. The number of carbonyl (C=O) groups excluding carboxylic acids is 3. The monoisotopic (exact) mass is 502 g/mol. The summed E-state index contributed by atoms with van der Waals surface area (Å²) in [5, 5.41) is 16.1. The molecule has 7 N–H and O–H groups in total. The third-order valence-corrected chi connectivity index (χ3v) is 6.29. The second-order valence-corrected chi connectivity index (χ2v) is 8.91. The highest BCUT2D eigenvalue weighted by Crippen LogP contribution is 2.20. The van der Waals surface area contributed by atoms with Gasteiger partial charge >= 0.3 is 5.97 Å². The number of aromatic amines is 2. The first-order chi connectivity index (χ1) is 17.9. The van der Waals surface area contributed by atoms with Crippen LogP contribution in [0.1, 0.15) is 24.0 Å². The molecule has 0 aliphatic heterocycles. The number of hydrogen-bond acceptors (Lipinski definition) is 5. The maximum Gasteiger partial charge on any atom is 0.303 e. The molecule has 0 unspecified atom stereocenters. The van der Waals surface area contributed by atoms with Crippen molar-refractivity contribution in [1.29, 1.82) is 0 Å². The molecule has 4 rings (SSSR count). The van der Waals surface area contributed by atoms with Gasteiger partial charge in [-0.2, -0.15) is 0 Å². The Balaban J connectivity index is 1.42. The van der Waals surface area contributed by atoms with E-state index in [9.17, 15) is 19.2 Å². The van der Waals surface area contributed by atoms with Gasteiger partial charge in [0.1, 0.15) is 6.04 Å². The lowest BCUT2D eigenvalue weighted by molar-refractivity contribution is -0.138. The SMILES string of the molecule is N[C@@H](Cc1c[nH]c2ccccc12)C(=O)N[C@@H](CCC(=O)O)C(=O)N[C@H]([C]=O)Cc1c[nH]c2ccccc12. The van der Waals surface area contributed by atoms with E-state index in [1.807, 2.05) is 54.8 Å². The number of H-pyrrole nitrogens is 2. The van der Waals surface area contributed by atoms with Crippen LogP contribution in [-0.4, -0.2) is 57.3 Å². The summed E-state index contributed by atoms with van der Waals surface area (Å²) >= 11 is 0. The van der Waals surface area contributed by atoms with Gasteiger partial charge in [0.2, 0.25) is 18.1 Å². The average Bonchev–Trinajstić information content (AvgIpc) is 3.50. The fraction of sp³-hybridized carbons (Fsp3) is 0.259. The maximum absolute atomic E-state index is 13.0. The predicted molar refractivity (Wildman–Crippen MR) is 138 cm³/mol. The van der Waals surface area contributed by atoms with Gasteiger partial charge in [0.05, 0.1) is 12.1 Å². The molecular formula is C27H28N5O5. The van der Waals surface area contributed by atoms with Crippen molar-refractivity contribution in [2.75, 3.05) is 0 Å². The Kier molecular flexibility index (Phi) is 7.99. The molecule has 2 heterocycles. The van der Waals surface area contributed by atoms with Crippen LogP contribution in [0.5, 0.6) is 0 Å². The molecule has 0 saturated carbocycles. The van der Waals surface area contributed by atoms with E-state index in [-0.39, 0.29) is 25.7 Å². The van der Waals surface area contributed by atoms with Crippen molar-refractivity contribution >= 4 is 45.9 Å². The highest BCUT2D eigenvalue weighted by molar-refractivity contribution is 5.92. The number of carbonyl (C=O) groups is 3. The van der Waals surface area contributed by atoms with E-state index in [0.717, 1.165) is 32.9 Å². The van der Waals surface area contributed by atoms with Gasteiger partial charge in [-0.25, -0.2) is 0 Å². The Labute approximate surface area is 212 Å². The third kappa shape index (κ3) is 6.22. The Morgan fingerprint density at radius 3 is 2.00 bits per heavy atom.